The summed E-state index contributed by atoms with van der Waals surface area (Å²) in [6.07, 6.45) is 4.55. The average Bonchev–Trinajstić information content (AvgIpc) is 3.18. The van der Waals surface area contributed by atoms with E-state index in [2.05, 4.69) is 22.2 Å². The first-order valence-electron chi connectivity index (χ1n) is 7.64. The van der Waals surface area contributed by atoms with Crippen LogP contribution in [0, 0.1) is 6.92 Å². The molecule has 1 unspecified atom stereocenters. The molecule has 0 aromatic carbocycles. The summed E-state index contributed by atoms with van der Waals surface area (Å²) in [5.41, 5.74) is 1.01. The van der Waals surface area contributed by atoms with Crippen molar-refractivity contribution < 1.29 is 9.47 Å². The number of anilines is 1. The molecule has 1 aliphatic heterocycles. The molecule has 1 saturated carbocycles. The van der Waals surface area contributed by atoms with Crippen molar-refractivity contribution in [2.45, 2.75) is 51.6 Å². The minimum atomic E-state index is 0.134. The first-order valence-corrected chi connectivity index (χ1v) is 7.64. The fourth-order valence-electron chi connectivity index (χ4n) is 2.33. The molecule has 0 spiro atoms. The molecule has 0 radical (unpaired) electrons. The molecule has 2 aliphatic rings. The lowest BCUT2D eigenvalue weighted by Crippen LogP contribution is -2.19. The molecule has 20 heavy (non-hydrogen) atoms. The van der Waals surface area contributed by atoms with E-state index in [0.717, 1.165) is 49.1 Å². The van der Waals surface area contributed by atoms with Crippen molar-refractivity contribution in [1.29, 1.82) is 0 Å². The van der Waals surface area contributed by atoms with Crippen LogP contribution in [0.2, 0.25) is 0 Å². The summed E-state index contributed by atoms with van der Waals surface area (Å²) in [5.74, 6) is 3.12. The fraction of sp³-hybridized carbons (Fsp3) is 0.733. The van der Waals surface area contributed by atoms with Crippen molar-refractivity contribution >= 4 is 5.82 Å². The summed E-state index contributed by atoms with van der Waals surface area (Å²) in [6.45, 7) is 6.55. The lowest BCUT2D eigenvalue weighted by atomic mass is 10.2. The normalized spacial score (nSPS) is 22.0. The molecule has 1 aliphatic carbocycles. The second-order valence-electron chi connectivity index (χ2n) is 5.67. The lowest BCUT2D eigenvalue weighted by molar-refractivity contribution is 0.137. The molecule has 110 valence electrons. The van der Waals surface area contributed by atoms with Crippen LogP contribution in [0.1, 0.15) is 49.9 Å². The molecule has 5 nitrogen and oxygen atoms in total. The zero-order valence-corrected chi connectivity index (χ0v) is 12.3. The molecular weight excluding hydrogens is 254 g/mol. The van der Waals surface area contributed by atoms with Gasteiger partial charge in [-0.05, 0) is 26.2 Å². The Morgan fingerprint density at radius 2 is 2.15 bits per heavy atom. The van der Waals surface area contributed by atoms with E-state index in [9.17, 15) is 0 Å². The molecule has 5 heteroatoms. The van der Waals surface area contributed by atoms with Gasteiger partial charge in [-0.1, -0.05) is 6.92 Å². The third kappa shape index (κ3) is 3.03. The van der Waals surface area contributed by atoms with Crippen LogP contribution < -0.4 is 10.1 Å². The molecule has 2 heterocycles. The minimum absolute atomic E-state index is 0.134. The molecule has 1 aromatic rings. The van der Waals surface area contributed by atoms with Crippen LogP contribution in [-0.4, -0.2) is 35.8 Å². The first-order chi connectivity index (χ1) is 9.78. The maximum atomic E-state index is 6.03. The standard InChI is InChI=1S/C15H23N3O2/c1-3-7-16-13-10(2)15(20-12-6-8-19-9-12)18-14(17-13)11-4-5-11/h11-12H,3-9H2,1-2H3,(H,16,17,18). The van der Waals surface area contributed by atoms with Gasteiger partial charge in [-0.2, -0.15) is 4.98 Å². The minimum Gasteiger partial charge on any atom is -0.471 e. The molecule has 2 fully saturated rings. The third-order valence-corrected chi connectivity index (χ3v) is 3.77. The van der Waals surface area contributed by atoms with Gasteiger partial charge < -0.3 is 14.8 Å². The van der Waals surface area contributed by atoms with Crippen molar-refractivity contribution in [3.05, 3.63) is 11.4 Å². The van der Waals surface area contributed by atoms with Crippen molar-refractivity contribution in [3.63, 3.8) is 0 Å². The molecule has 0 bridgehead atoms. The number of hydrogen-bond donors (Lipinski definition) is 1. The van der Waals surface area contributed by atoms with Crippen LogP contribution in [0.15, 0.2) is 0 Å². The molecule has 1 atom stereocenters. The Hall–Kier alpha value is -1.36. The van der Waals surface area contributed by atoms with Gasteiger partial charge in [0.1, 0.15) is 17.7 Å². The predicted octanol–water partition coefficient (Wildman–Crippen LogP) is 2.65. The van der Waals surface area contributed by atoms with Crippen LogP contribution in [0.25, 0.3) is 0 Å². The molecule has 3 rings (SSSR count). The van der Waals surface area contributed by atoms with E-state index in [-0.39, 0.29) is 6.10 Å². The van der Waals surface area contributed by atoms with Crippen molar-refractivity contribution in [2.75, 3.05) is 25.1 Å². The quantitative estimate of drug-likeness (QED) is 0.866. The summed E-state index contributed by atoms with van der Waals surface area (Å²) in [6, 6.07) is 0. The zero-order chi connectivity index (χ0) is 13.9. The summed E-state index contributed by atoms with van der Waals surface area (Å²) in [7, 11) is 0. The number of aromatic nitrogens is 2. The molecule has 1 saturated heterocycles. The van der Waals surface area contributed by atoms with Crippen LogP contribution in [0.5, 0.6) is 5.88 Å². The Balaban J connectivity index is 1.83. The molecule has 1 N–H and O–H groups in total. The van der Waals surface area contributed by atoms with Gasteiger partial charge in [0.2, 0.25) is 5.88 Å². The maximum absolute atomic E-state index is 6.03. The van der Waals surface area contributed by atoms with E-state index in [1.54, 1.807) is 0 Å². The Bertz CT molecular complexity index is 468. The van der Waals surface area contributed by atoms with E-state index in [1.165, 1.54) is 12.8 Å². The molecule has 1 aromatic heterocycles. The van der Waals surface area contributed by atoms with E-state index in [4.69, 9.17) is 9.47 Å². The Labute approximate surface area is 120 Å². The van der Waals surface area contributed by atoms with E-state index >= 15 is 0 Å². The van der Waals surface area contributed by atoms with Gasteiger partial charge in [0.05, 0.1) is 18.8 Å². The van der Waals surface area contributed by atoms with Gasteiger partial charge in [0, 0.05) is 18.9 Å². The van der Waals surface area contributed by atoms with Crippen LogP contribution in [-0.2, 0) is 4.74 Å². The highest BCUT2D eigenvalue weighted by Crippen LogP contribution is 2.40. The van der Waals surface area contributed by atoms with Gasteiger partial charge in [0.25, 0.3) is 0 Å². The van der Waals surface area contributed by atoms with Crippen molar-refractivity contribution in [1.82, 2.24) is 9.97 Å². The number of nitrogens with one attached hydrogen (secondary N) is 1. The zero-order valence-electron chi connectivity index (χ0n) is 12.3. The highest BCUT2D eigenvalue weighted by Gasteiger charge is 2.29. The Morgan fingerprint density at radius 3 is 2.80 bits per heavy atom. The van der Waals surface area contributed by atoms with E-state index in [0.29, 0.717) is 12.5 Å². The third-order valence-electron chi connectivity index (χ3n) is 3.77. The Morgan fingerprint density at radius 1 is 1.30 bits per heavy atom. The number of ether oxygens (including phenoxy) is 2. The van der Waals surface area contributed by atoms with Gasteiger partial charge in [-0.3, -0.25) is 0 Å². The SMILES string of the molecule is CCCNc1nc(C2CC2)nc(OC2CCOC2)c1C. The second kappa shape index (κ2) is 5.95. The molecular formula is C15H23N3O2. The smallest absolute Gasteiger partial charge is 0.222 e. The number of rotatable bonds is 6. The topological polar surface area (TPSA) is 56.3 Å². The van der Waals surface area contributed by atoms with Gasteiger partial charge in [-0.15, -0.1) is 0 Å². The predicted molar refractivity (Wildman–Crippen MR) is 77.4 cm³/mol. The van der Waals surface area contributed by atoms with Gasteiger partial charge in [0.15, 0.2) is 0 Å². The molecule has 0 amide bonds. The van der Waals surface area contributed by atoms with Crippen molar-refractivity contribution in [3.8, 4) is 5.88 Å². The highest BCUT2D eigenvalue weighted by atomic mass is 16.5. The van der Waals surface area contributed by atoms with E-state index in [1.807, 2.05) is 6.92 Å². The number of hydrogen-bond acceptors (Lipinski definition) is 5. The Kier molecular flexibility index (Phi) is 4.05. The van der Waals surface area contributed by atoms with Crippen LogP contribution in [0.3, 0.4) is 0 Å². The lowest BCUT2D eigenvalue weighted by Gasteiger charge is -2.17. The van der Waals surface area contributed by atoms with Crippen LogP contribution >= 0.6 is 0 Å². The summed E-state index contributed by atoms with van der Waals surface area (Å²) in [4.78, 5) is 9.31. The highest BCUT2D eigenvalue weighted by molar-refractivity contribution is 5.49. The van der Waals surface area contributed by atoms with Crippen molar-refractivity contribution in [2.24, 2.45) is 0 Å². The summed E-state index contributed by atoms with van der Waals surface area (Å²) >= 11 is 0. The van der Waals surface area contributed by atoms with E-state index < -0.39 is 0 Å². The average molecular weight is 277 g/mol. The second-order valence-corrected chi connectivity index (χ2v) is 5.67. The maximum Gasteiger partial charge on any atom is 0.222 e. The summed E-state index contributed by atoms with van der Waals surface area (Å²) < 4.78 is 11.4. The van der Waals surface area contributed by atoms with Gasteiger partial charge in [-0.25, -0.2) is 4.98 Å². The number of nitrogens with zero attached hydrogens (tertiary/aromatic N) is 2. The summed E-state index contributed by atoms with van der Waals surface area (Å²) in [5, 5.41) is 3.39. The van der Waals surface area contributed by atoms with Crippen LogP contribution in [0.4, 0.5) is 5.82 Å². The van der Waals surface area contributed by atoms with Gasteiger partial charge >= 0.3 is 0 Å². The first kappa shape index (κ1) is 13.6. The monoisotopic (exact) mass is 277 g/mol. The fourth-order valence-corrected chi connectivity index (χ4v) is 2.33. The largest absolute Gasteiger partial charge is 0.471 e.